The number of nitrogens with zero attached hydrogens (tertiary/aromatic N) is 3. The Bertz CT molecular complexity index is 5800. The van der Waals surface area contributed by atoms with E-state index in [0.29, 0.717) is 67.1 Å². The van der Waals surface area contributed by atoms with Gasteiger partial charge in [-0.2, -0.15) is 64.8 Å². The number of hydrogen-bond acceptors (Lipinski definition) is 14. The number of primary sulfonamides is 2. The second kappa shape index (κ2) is 29.6. The Labute approximate surface area is 581 Å². The van der Waals surface area contributed by atoms with Crippen molar-refractivity contribution in [1.29, 1.82) is 0 Å². The number of methoxy groups -OCH3 is 1. The number of alkyl halides is 9. The first-order valence-corrected chi connectivity index (χ1v) is 37.2. The lowest BCUT2D eigenvalue weighted by Crippen LogP contribution is -2.30. The molecule has 0 amide bonds. The Morgan fingerprint density at radius 3 is 1.18 bits per heavy atom. The third kappa shape index (κ3) is 18.4. The third-order valence-electron chi connectivity index (χ3n) is 14.9. The van der Waals surface area contributed by atoms with E-state index in [1.54, 1.807) is 109 Å². The van der Waals surface area contributed by atoms with Crippen LogP contribution in [-0.4, -0.2) is 95.6 Å². The number of aromatic nitrogens is 6. The fraction of sp³-hybridized carbons (Fsp3) is 0.0896. The molecule has 12 rings (SSSR count). The molecule has 0 aliphatic carbocycles. The number of nitrogens with two attached hydrogens (primary N) is 2. The second-order valence-electron chi connectivity index (χ2n) is 22.2. The van der Waals surface area contributed by atoms with Crippen molar-refractivity contribution >= 4 is 125 Å². The highest BCUT2D eigenvalue weighted by Crippen LogP contribution is 2.36. The van der Waals surface area contributed by atoms with E-state index in [9.17, 15) is 81.6 Å². The van der Waals surface area contributed by atoms with Gasteiger partial charge in [0.1, 0.15) is 23.2 Å². The zero-order chi connectivity index (χ0) is 74.5. The zero-order valence-electron chi connectivity index (χ0n) is 52.7. The number of anilines is 3. The maximum Gasteiger partial charge on any atom is 0.516 e. The van der Waals surface area contributed by atoms with Gasteiger partial charge in [-0.3, -0.25) is 14.2 Å². The van der Waals surface area contributed by atoms with Crippen LogP contribution in [0.2, 0.25) is 0 Å². The van der Waals surface area contributed by atoms with Crippen LogP contribution in [-0.2, 0) is 63.0 Å². The molecule has 103 heavy (non-hydrogen) atoms. The molecule has 536 valence electrons. The van der Waals surface area contributed by atoms with Crippen molar-refractivity contribution in [3.8, 4) is 39.1 Å². The molecule has 3 heterocycles. The maximum atomic E-state index is 12.8. The van der Waals surface area contributed by atoms with Crippen LogP contribution in [0.15, 0.2) is 210 Å². The van der Waals surface area contributed by atoms with Crippen LogP contribution >= 0.6 is 0 Å². The number of ether oxygens (including phenoxy) is 1. The van der Waals surface area contributed by atoms with E-state index in [0.717, 1.165) is 53.1 Å². The van der Waals surface area contributed by atoms with Crippen LogP contribution in [0.3, 0.4) is 0 Å². The molecule has 9 aromatic carbocycles. The highest BCUT2D eigenvalue weighted by Gasteiger charge is 2.48. The summed E-state index contributed by atoms with van der Waals surface area (Å²) in [6.45, 7) is 0. The molecule has 0 aliphatic rings. The van der Waals surface area contributed by atoms with E-state index in [-0.39, 0.29) is 32.4 Å². The van der Waals surface area contributed by atoms with Crippen molar-refractivity contribution in [2.24, 2.45) is 10.3 Å². The van der Waals surface area contributed by atoms with Crippen molar-refractivity contribution in [1.82, 2.24) is 29.9 Å². The molecule has 0 saturated carbocycles. The van der Waals surface area contributed by atoms with Gasteiger partial charge in [0, 0.05) is 34.5 Å². The second-order valence-corrected chi connectivity index (χ2v) is 30.2. The fourth-order valence-corrected chi connectivity index (χ4v) is 13.2. The summed E-state index contributed by atoms with van der Waals surface area (Å²) in [7, 11) is -22.7. The van der Waals surface area contributed by atoms with E-state index >= 15 is 0 Å². The predicted molar refractivity (Wildman–Crippen MR) is 374 cm³/mol. The van der Waals surface area contributed by atoms with Gasteiger partial charge in [0.2, 0.25) is 20.0 Å². The van der Waals surface area contributed by atoms with Gasteiger partial charge in [-0.05, 0) is 143 Å². The third-order valence-corrected chi connectivity index (χ3v) is 20.2. The summed E-state index contributed by atoms with van der Waals surface area (Å²) in [5.74, 6) is 2.55. The Morgan fingerprint density at radius 1 is 0.408 bits per heavy atom. The number of sulfonamides is 5. The number of halogens is 9. The molecule has 0 atom stereocenters. The first kappa shape index (κ1) is 74.8. The number of aryl methyl sites for hydroxylation is 2. The Morgan fingerprint density at radius 2 is 0.777 bits per heavy atom. The normalized spacial score (nSPS) is 12.7. The molecule has 0 unspecified atom stereocenters. The van der Waals surface area contributed by atoms with Crippen molar-refractivity contribution < 1.29 is 86.3 Å². The standard InChI is InChI=1S/C23H16F6N4O4S2.C22H17F3N4O4S2.C22H21N3O3S/c24-22(25,26)38(34,35)32-16-9-5-14(6-10-16)7-12-21-30-19-11-8-15(13-20(19)31-21)17-3-1-2-4-18(17)33-39(36,37)23(27,28)29;23-22(24,25)35(32,33)29-16-9-5-14(6-10-16)7-12-21-27-18-11-8-15(13-19(18)28-21)17-3-1-2-4-20(17)34(26,30)31;1-28-17-10-6-15(7-11-17)8-13-22-24-19-12-9-16(14-20(19)25-22)18-4-2-3-5-21(18)29(23,26)27/h1-13,32-33H,(H,30,31);1-13,29H,(H,27,28)(H2,26,30,31);2-7,9-12,14H,8,13H2,1H3,(H,24,25)(H2,23,26,27)/b2*12-7+;. The van der Waals surface area contributed by atoms with Crippen molar-refractivity contribution in [2.75, 3.05) is 21.3 Å². The largest absolute Gasteiger partial charge is 0.516 e. The van der Waals surface area contributed by atoms with Crippen LogP contribution in [0.1, 0.15) is 34.2 Å². The number of para-hydroxylation sites is 1. The minimum Gasteiger partial charge on any atom is -0.497 e. The SMILES string of the molecule is COc1ccc(CCc2nc3ccc(-c4ccccc4S(N)(=O)=O)cc3[nH]2)cc1.NS(=O)(=O)c1ccccc1-c1ccc2nc(/C=C/c3ccc(NS(=O)(=O)C(F)(F)F)cc3)[nH]c2c1.O=S(=O)(Nc1ccc(/C=C/c2nc3ccc(-c4ccccc4NS(=O)(=O)C(F)(F)F)cc3[nH]2)cc1)C(F)(F)F. The van der Waals surface area contributed by atoms with Crippen LogP contribution < -0.4 is 29.2 Å². The van der Waals surface area contributed by atoms with Gasteiger partial charge in [0.15, 0.2) is 0 Å². The monoisotopic (exact) mass is 1520 g/mol. The van der Waals surface area contributed by atoms with Crippen molar-refractivity contribution in [2.45, 2.75) is 39.2 Å². The minimum atomic E-state index is -5.63. The lowest BCUT2D eigenvalue weighted by atomic mass is 10.0. The van der Waals surface area contributed by atoms with E-state index in [1.807, 2.05) is 42.5 Å². The van der Waals surface area contributed by atoms with Crippen LogP contribution in [0, 0.1) is 0 Å². The summed E-state index contributed by atoms with van der Waals surface area (Å²) in [5, 5.41) is 10.7. The highest BCUT2D eigenvalue weighted by molar-refractivity contribution is 7.94. The first-order chi connectivity index (χ1) is 48.3. The quantitative estimate of drug-likeness (QED) is 0.0349. The molecule has 0 aliphatic heterocycles. The average molecular weight is 1520 g/mol. The van der Waals surface area contributed by atoms with Crippen molar-refractivity contribution in [3.05, 3.63) is 234 Å². The van der Waals surface area contributed by atoms with E-state index in [2.05, 4.69) is 29.9 Å². The molecular weight excluding hydrogens is 1470 g/mol. The fourth-order valence-electron chi connectivity index (χ4n) is 9.99. The van der Waals surface area contributed by atoms with Crippen LogP contribution in [0.4, 0.5) is 56.6 Å². The molecule has 0 spiro atoms. The molecule has 12 aromatic rings. The smallest absolute Gasteiger partial charge is 0.497 e. The predicted octanol–water partition coefficient (Wildman–Crippen LogP) is 13.9. The summed E-state index contributed by atoms with van der Waals surface area (Å²) in [4.78, 5) is 23.0. The number of aromatic amines is 3. The van der Waals surface area contributed by atoms with Gasteiger partial charge < -0.3 is 19.7 Å². The first-order valence-electron chi connectivity index (χ1n) is 29.6. The van der Waals surface area contributed by atoms with Gasteiger partial charge in [0.25, 0.3) is 0 Å². The molecule has 22 nitrogen and oxygen atoms in total. The zero-order valence-corrected chi connectivity index (χ0v) is 56.8. The van der Waals surface area contributed by atoms with Gasteiger partial charge in [0.05, 0.1) is 55.7 Å². The lowest BCUT2D eigenvalue weighted by Gasteiger charge is -2.14. The Kier molecular flexibility index (Phi) is 21.5. The van der Waals surface area contributed by atoms with E-state index < -0.39 is 66.6 Å². The Hall–Kier alpha value is -10.9. The molecule has 0 saturated heterocycles. The van der Waals surface area contributed by atoms with Crippen molar-refractivity contribution in [3.63, 3.8) is 0 Å². The van der Waals surface area contributed by atoms with Crippen LogP contribution in [0.5, 0.6) is 5.75 Å². The van der Waals surface area contributed by atoms with Gasteiger partial charge in [-0.1, -0.05) is 121 Å². The maximum absolute atomic E-state index is 12.8. The number of fused-ring (bicyclic) bond motifs is 3. The van der Waals surface area contributed by atoms with Gasteiger partial charge in [-0.15, -0.1) is 0 Å². The molecule has 0 fully saturated rings. The molecule has 10 N–H and O–H groups in total. The summed E-state index contributed by atoms with van der Waals surface area (Å²) >= 11 is 0. The number of hydrogen-bond donors (Lipinski definition) is 8. The summed E-state index contributed by atoms with van der Waals surface area (Å²) in [5.41, 5.74) is -7.88. The molecule has 36 heteroatoms. The van der Waals surface area contributed by atoms with Gasteiger partial charge in [-0.25, -0.2) is 42.1 Å². The number of imidazole rings is 3. The number of benzene rings is 9. The summed E-state index contributed by atoms with van der Waals surface area (Å²) in [6, 6.07) is 52.5. The van der Waals surface area contributed by atoms with E-state index in [1.165, 1.54) is 87.8 Å². The number of nitrogens with one attached hydrogen (secondary N) is 6. The number of H-pyrrole nitrogens is 3. The average Bonchev–Trinajstić information content (AvgIpc) is 1.70. The molecule has 0 bridgehead atoms. The highest BCUT2D eigenvalue weighted by atomic mass is 32.2. The molecule has 0 radical (unpaired) electrons. The molecule has 3 aromatic heterocycles. The lowest BCUT2D eigenvalue weighted by molar-refractivity contribution is -0.0435. The minimum absolute atomic E-state index is 0.0000418. The topological polar surface area (TPSA) is 354 Å². The van der Waals surface area contributed by atoms with Crippen LogP contribution in [0.25, 0.3) is 90.8 Å². The summed E-state index contributed by atoms with van der Waals surface area (Å²) in [6.07, 6.45) is 7.99. The molecular formula is C67H54F9N11O11S5. The number of rotatable bonds is 19. The summed E-state index contributed by atoms with van der Waals surface area (Å²) < 4.78 is 239. The van der Waals surface area contributed by atoms with E-state index in [4.69, 9.17) is 15.0 Å². The Balaban J connectivity index is 0.000000168. The van der Waals surface area contributed by atoms with Gasteiger partial charge >= 0.3 is 46.6 Å².